The number of H-pyrrole nitrogens is 1. The van der Waals surface area contributed by atoms with Crippen LogP contribution in [-0.2, 0) is 4.79 Å². The molecular weight excluding hydrogens is 288 g/mol. The van der Waals surface area contributed by atoms with Crippen molar-refractivity contribution in [1.82, 2.24) is 15.1 Å². The van der Waals surface area contributed by atoms with Crippen molar-refractivity contribution in [3.05, 3.63) is 16.4 Å². The van der Waals surface area contributed by atoms with Crippen molar-refractivity contribution in [1.29, 1.82) is 0 Å². The van der Waals surface area contributed by atoms with Crippen LogP contribution in [0.25, 0.3) is 0 Å². The van der Waals surface area contributed by atoms with Gasteiger partial charge < -0.3 is 10.6 Å². The van der Waals surface area contributed by atoms with E-state index in [0.29, 0.717) is 36.1 Å². The Balaban J connectivity index is 2.00. The topological polar surface area (TPSA) is 92.1 Å². The first-order chi connectivity index (χ1) is 8.09. The molecule has 0 unspecified atom stereocenters. The van der Waals surface area contributed by atoms with E-state index < -0.39 is 0 Å². The van der Waals surface area contributed by atoms with Crippen molar-refractivity contribution in [3.63, 3.8) is 0 Å². The summed E-state index contributed by atoms with van der Waals surface area (Å²) in [6.07, 6.45) is 2.81. The van der Waals surface area contributed by atoms with Gasteiger partial charge in [-0.05, 0) is 28.8 Å². The number of hydrogen-bond donors (Lipinski definition) is 2. The van der Waals surface area contributed by atoms with E-state index in [1.54, 1.807) is 11.1 Å². The van der Waals surface area contributed by atoms with Crippen LogP contribution < -0.4 is 5.73 Å². The number of aromatic nitrogens is 2. The number of aromatic amines is 1. The molecule has 0 saturated carbocycles. The van der Waals surface area contributed by atoms with Gasteiger partial charge in [-0.2, -0.15) is 5.10 Å². The standard InChI is InChI=1S/C10H13BrN4O2/c11-7-5-13-14-8(7)10(17)15-3-1-6(2-4-15)9(12)16/h5-6H,1-4H2,(H2,12,16)(H,13,14). The molecule has 0 aliphatic carbocycles. The van der Waals surface area contributed by atoms with E-state index in [9.17, 15) is 9.59 Å². The predicted molar refractivity (Wildman–Crippen MR) is 64.1 cm³/mol. The van der Waals surface area contributed by atoms with E-state index in [2.05, 4.69) is 26.1 Å². The number of nitrogens with one attached hydrogen (secondary N) is 1. The van der Waals surface area contributed by atoms with Gasteiger partial charge in [-0.25, -0.2) is 0 Å². The highest BCUT2D eigenvalue weighted by atomic mass is 79.9. The number of hydrogen-bond acceptors (Lipinski definition) is 3. The van der Waals surface area contributed by atoms with Gasteiger partial charge in [0.2, 0.25) is 5.91 Å². The lowest BCUT2D eigenvalue weighted by Crippen LogP contribution is -2.41. The maximum absolute atomic E-state index is 12.1. The normalized spacial score (nSPS) is 17.1. The Bertz CT molecular complexity index is 437. The molecule has 92 valence electrons. The Morgan fingerprint density at radius 1 is 1.47 bits per heavy atom. The van der Waals surface area contributed by atoms with Gasteiger partial charge in [0.15, 0.2) is 0 Å². The van der Waals surface area contributed by atoms with Gasteiger partial charge in [0, 0.05) is 19.0 Å². The fourth-order valence-corrected chi connectivity index (χ4v) is 2.31. The minimum absolute atomic E-state index is 0.0997. The van der Waals surface area contributed by atoms with E-state index in [1.807, 2.05) is 0 Å². The Morgan fingerprint density at radius 2 is 2.12 bits per heavy atom. The lowest BCUT2D eigenvalue weighted by Gasteiger charge is -2.30. The monoisotopic (exact) mass is 300 g/mol. The summed E-state index contributed by atoms with van der Waals surface area (Å²) in [5.41, 5.74) is 5.69. The van der Waals surface area contributed by atoms with E-state index in [4.69, 9.17) is 5.73 Å². The zero-order valence-corrected chi connectivity index (χ0v) is 10.7. The molecule has 2 heterocycles. The van der Waals surface area contributed by atoms with Crippen LogP contribution in [0.4, 0.5) is 0 Å². The quantitative estimate of drug-likeness (QED) is 0.833. The van der Waals surface area contributed by atoms with Crippen LogP contribution in [0.5, 0.6) is 0 Å². The molecule has 6 nitrogen and oxygen atoms in total. The number of carbonyl (C=O) groups excluding carboxylic acids is 2. The highest BCUT2D eigenvalue weighted by Crippen LogP contribution is 2.20. The fourth-order valence-electron chi connectivity index (χ4n) is 1.95. The molecule has 2 amide bonds. The molecule has 0 spiro atoms. The Kier molecular flexibility index (Phi) is 3.46. The van der Waals surface area contributed by atoms with Gasteiger partial charge in [0.05, 0.1) is 10.7 Å². The molecule has 1 aliphatic rings. The molecule has 17 heavy (non-hydrogen) atoms. The minimum atomic E-state index is -0.278. The van der Waals surface area contributed by atoms with Gasteiger partial charge in [0.1, 0.15) is 5.69 Å². The maximum Gasteiger partial charge on any atom is 0.273 e. The first-order valence-electron chi connectivity index (χ1n) is 5.37. The molecule has 3 N–H and O–H groups in total. The second kappa shape index (κ2) is 4.87. The van der Waals surface area contributed by atoms with Crippen molar-refractivity contribution < 1.29 is 9.59 Å². The van der Waals surface area contributed by atoms with Crippen LogP contribution in [0.15, 0.2) is 10.7 Å². The lowest BCUT2D eigenvalue weighted by molar-refractivity contribution is -0.123. The number of halogens is 1. The molecule has 0 bridgehead atoms. The first-order valence-corrected chi connectivity index (χ1v) is 6.16. The second-order valence-electron chi connectivity index (χ2n) is 4.06. The van der Waals surface area contributed by atoms with Crippen LogP contribution >= 0.6 is 15.9 Å². The van der Waals surface area contributed by atoms with Crippen LogP contribution in [0, 0.1) is 5.92 Å². The summed E-state index contributed by atoms with van der Waals surface area (Å²) in [5.74, 6) is -0.485. The van der Waals surface area contributed by atoms with E-state index in [-0.39, 0.29) is 17.7 Å². The second-order valence-corrected chi connectivity index (χ2v) is 4.92. The average Bonchev–Trinajstić information content (AvgIpc) is 2.74. The summed E-state index contributed by atoms with van der Waals surface area (Å²) in [7, 11) is 0. The molecule has 1 saturated heterocycles. The molecule has 0 aromatic carbocycles. The molecule has 2 rings (SSSR count). The van der Waals surface area contributed by atoms with Crippen molar-refractivity contribution in [2.24, 2.45) is 11.7 Å². The fraction of sp³-hybridized carbons (Fsp3) is 0.500. The van der Waals surface area contributed by atoms with Crippen molar-refractivity contribution in [3.8, 4) is 0 Å². The summed E-state index contributed by atoms with van der Waals surface area (Å²) < 4.78 is 0.652. The summed E-state index contributed by atoms with van der Waals surface area (Å²) in [6, 6.07) is 0. The van der Waals surface area contributed by atoms with E-state index in [0.717, 1.165) is 0 Å². The van der Waals surface area contributed by atoms with Gasteiger partial charge in [-0.15, -0.1) is 0 Å². The zero-order chi connectivity index (χ0) is 12.4. The average molecular weight is 301 g/mol. The number of carbonyl (C=O) groups is 2. The molecule has 0 radical (unpaired) electrons. The van der Waals surface area contributed by atoms with Gasteiger partial charge in [-0.1, -0.05) is 0 Å². The largest absolute Gasteiger partial charge is 0.369 e. The first kappa shape index (κ1) is 12.1. The van der Waals surface area contributed by atoms with Crippen molar-refractivity contribution in [2.75, 3.05) is 13.1 Å². The minimum Gasteiger partial charge on any atom is -0.369 e. The number of primary amides is 1. The highest BCUT2D eigenvalue weighted by molar-refractivity contribution is 9.10. The number of rotatable bonds is 2. The third-order valence-corrected chi connectivity index (χ3v) is 3.59. The predicted octanol–water partition coefficient (Wildman–Crippen LogP) is 0.510. The Hall–Kier alpha value is -1.37. The molecule has 1 fully saturated rings. The zero-order valence-electron chi connectivity index (χ0n) is 9.15. The third kappa shape index (κ3) is 2.49. The SMILES string of the molecule is NC(=O)C1CCN(C(=O)c2[nH]ncc2Br)CC1. The van der Waals surface area contributed by atoms with Crippen LogP contribution in [0.3, 0.4) is 0 Å². The highest BCUT2D eigenvalue weighted by Gasteiger charge is 2.27. The molecular formula is C10H13BrN4O2. The van der Waals surface area contributed by atoms with Crippen LogP contribution in [-0.4, -0.2) is 40.0 Å². The lowest BCUT2D eigenvalue weighted by atomic mass is 9.96. The smallest absolute Gasteiger partial charge is 0.273 e. The molecule has 0 atom stereocenters. The Labute approximate surface area is 107 Å². The summed E-state index contributed by atoms with van der Waals surface area (Å²) >= 11 is 3.25. The molecule has 1 aliphatic heterocycles. The van der Waals surface area contributed by atoms with Crippen molar-refractivity contribution in [2.45, 2.75) is 12.8 Å². The maximum atomic E-state index is 12.1. The van der Waals surface area contributed by atoms with E-state index in [1.165, 1.54) is 0 Å². The third-order valence-electron chi connectivity index (χ3n) is 2.99. The number of likely N-dealkylation sites (tertiary alicyclic amines) is 1. The molecule has 1 aromatic rings. The van der Waals surface area contributed by atoms with Gasteiger partial charge in [-0.3, -0.25) is 14.7 Å². The number of nitrogens with two attached hydrogens (primary N) is 1. The van der Waals surface area contributed by atoms with Gasteiger partial charge >= 0.3 is 0 Å². The molecule has 7 heteroatoms. The van der Waals surface area contributed by atoms with Crippen LogP contribution in [0.1, 0.15) is 23.3 Å². The number of amides is 2. The molecule has 1 aromatic heterocycles. The number of nitrogens with zero attached hydrogens (tertiary/aromatic N) is 2. The van der Waals surface area contributed by atoms with Crippen molar-refractivity contribution >= 4 is 27.7 Å². The van der Waals surface area contributed by atoms with Crippen LogP contribution in [0.2, 0.25) is 0 Å². The van der Waals surface area contributed by atoms with E-state index >= 15 is 0 Å². The number of piperidine rings is 1. The van der Waals surface area contributed by atoms with Gasteiger partial charge in [0.25, 0.3) is 5.91 Å². The Morgan fingerprint density at radius 3 is 2.59 bits per heavy atom. The summed E-state index contributed by atoms with van der Waals surface area (Å²) in [6.45, 7) is 1.11. The summed E-state index contributed by atoms with van der Waals surface area (Å²) in [5, 5.41) is 6.44. The summed E-state index contributed by atoms with van der Waals surface area (Å²) in [4.78, 5) is 24.8.